The van der Waals surface area contributed by atoms with Crippen molar-refractivity contribution in [1.82, 2.24) is 0 Å². The second-order valence-corrected chi connectivity index (χ2v) is 6.34. The second kappa shape index (κ2) is 5.14. The van der Waals surface area contributed by atoms with E-state index in [1.807, 2.05) is 0 Å². The molecule has 8 heteroatoms. The Labute approximate surface area is 110 Å². The zero-order valence-electron chi connectivity index (χ0n) is 10.4. The van der Waals surface area contributed by atoms with Gasteiger partial charge in [0.05, 0.1) is 16.4 Å². The van der Waals surface area contributed by atoms with E-state index >= 15 is 0 Å². The van der Waals surface area contributed by atoms with Gasteiger partial charge in [-0.3, -0.25) is 15.0 Å². The molecule has 0 saturated carbocycles. The first-order valence-electron chi connectivity index (χ1n) is 5.78. The number of benzene rings is 1. The fourth-order valence-corrected chi connectivity index (χ4v) is 2.52. The van der Waals surface area contributed by atoms with Crippen LogP contribution in [0.3, 0.4) is 0 Å². The van der Waals surface area contributed by atoms with Gasteiger partial charge in [-0.15, -0.1) is 0 Å². The Morgan fingerprint density at radius 3 is 2.63 bits per heavy atom. The van der Waals surface area contributed by atoms with Crippen molar-refractivity contribution in [1.29, 1.82) is 0 Å². The summed E-state index contributed by atoms with van der Waals surface area (Å²) >= 11 is 0. The fourth-order valence-electron chi connectivity index (χ4n) is 1.88. The molecule has 104 valence electrons. The van der Waals surface area contributed by atoms with E-state index < -0.39 is 14.8 Å². The minimum absolute atomic E-state index is 0.0695. The number of hydroxylamine groups is 1. The monoisotopic (exact) mass is 286 g/mol. The molecular weight excluding hydrogens is 272 g/mol. The van der Waals surface area contributed by atoms with Gasteiger partial charge in [-0.1, -0.05) is 0 Å². The zero-order valence-corrected chi connectivity index (χ0v) is 11.2. The maximum atomic E-state index is 11.4. The first-order valence-corrected chi connectivity index (χ1v) is 7.67. The lowest BCUT2D eigenvalue weighted by Crippen LogP contribution is -2.30. The van der Waals surface area contributed by atoms with E-state index in [1.54, 1.807) is 0 Å². The van der Waals surface area contributed by atoms with Gasteiger partial charge in [-0.25, -0.2) is 13.5 Å². The SMILES string of the molecule is CS(=O)(=O)c1ccc(N2CCCCO2)c([N+](=O)[O-])c1. The summed E-state index contributed by atoms with van der Waals surface area (Å²) in [5.41, 5.74) is 0.0296. The van der Waals surface area contributed by atoms with Crippen molar-refractivity contribution in [2.75, 3.05) is 24.5 Å². The van der Waals surface area contributed by atoms with Gasteiger partial charge in [0.25, 0.3) is 5.69 Å². The minimum atomic E-state index is -3.47. The van der Waals surface area contributed by atoms with Gasteiger partial charge in [0.2, 0.25) is 0 Å². The molecule has 1 aliphatic heterocycles. The Bertz CT molecular complexity index is 593. The summed E-state index contributed by atoms with van der Waals surface area (Å²) in [4.78, 5) is 15.8. The van der Waals surface area contributed by atoms with E-state index in [0.717, 1.165) is 25.2 Å². The van der Waals surface area contributed by atoms with Crippen LogP contribution < -0.4 is 5.06 Å². The lowest BCUT2D eigenvalue weighted by molar-refractivity contribution is -0.384. The molecule has 0 bridgehead atoms. The quantitative estimate of drug-likeness (QED) is 0.618. The predicted octanol–water partition coefficient (Wildman–Crippen LogP) is 1.53. The predicted molar refractivity (Wildman–Crippen MR) is 68.7 cm³/mol. The van der Waals surface area contributed by atoms with Gasteiger partial charge in [0, 0.05) is 18.9 Å². The summed E-state index contributed by atoms with van der Waals surface area (Å²) in [6.07, 6.45) is 2.81. The number of sulfone groups is 1. The highest BCUT2D eigenvalue weighted by atomic mass is 32.2. The fraction of sp³-hybridized carbons (Fsp3) is 0.455. The van der Waals surface area contributed by atoms with Gasteiger partial charge in [0.15, 0.2) is 9.84 Å². The third-order valence-corrected chi connectivity index (χ3v) is 3.95. The summed E-state index contributed by atoms with van der Waals surface area (Å²) < 4.78 is 22.9. The first kappa shape index (κ1) is 13.8. The second-order valence-electron chi connectivity index (χ2n) is 4.32. The number of hydrogen-bond donors (Lipinski definition) is 0. The molecule has 0 aliphatic carbocycles. The van der Waals surface area contributed by atoms with Gasteiger partial charge in [-0.05, 0) is 25.0 Å². The van der Waals surface area contributed by atoms with Crippen molar-refractivity contribution >= 4 is 21.2 Å². The molecule has 0 amide bonds. The Morgan fingerprint density at radius 2 is 2.11 bits per heavy atom. The number of nitro groups is 1. The van der Waals surface area contributed by atoms with Crippen molar-refractivity contribution in [2.24, 2.45) is 0 Å². The first-order chi connectivity index (χ1) is 8.89. The smallest absolute Gasteiger partial charge is 0.273 e. The van der Waals surface area contributed by atoms with E-state index in [2.05, 4.69) is 0 Å². The highest BCUT2D eigenvalue weighted by Crippen LogP contribution is 2.32. The molecular formula is C11H14N2O5S. The zero-order chi connectivity index (χ0) is 14.0. The minimum Gasteiger partial charge on any atom is -0.273 e. The number of hydrogen-bond acceptors (Lipinski definition) is 6. The molecule has 0 aromatic heterocycles. The average molecular weight is 286 g/mol. The Morgan fingerprint density at radius 1 is 1.37 bits per heavy atom. The van der Waals surface area contributed by atoms with Gasteiger partial charge >= 0.3 is 0 Å². The molecule has 2 rings (SSSR count). The van der Waals surface area contributed by atoms with Gasteiger partial charge < -0.3 is 0 Å². The van der Waals surface area contributed by atoms with Gasteiger partial charge in [0.1, 0.15) is 5.69 Å². The maximum absolute atomic E-state index is 11.4. The van der Waals surface area contributed by atoms with Crippen LogP contribution in [0.25, 0.3) is 0 Å². The number of nitrogens with zero attached hydrogens (tertiary/aromatic N) is 2. The van der Waals surface area contributed by atoms with Crippen LogP contribution in [0.1, 0.15) is 12.8 Å². The lowest BCUT2D eigenvalue weighted by Gasteiger charge is -2.27. The molecule has 19 heavy (non-hydrogen) atoms. The molecule has 0 atom stereocenters. The highest BCUT2D eigenvalue weighted by molar-refractivity contribution is 7.90. The molecule has 1 aliphatic rings. The van der Waals surface area contributed by atoms with Crippen LogP contribution in [-0.2, 0) is 14.7 Å². The van der Waals surface area contributed by atoms with E-state index in [1.165, 1.54) is 17.2 Å². The average Bonchev–Trinajstić information content (AvgIpc) is 2.38. The largest absolute Gasteiger partial charge is 0.296 e. The standard InChI is InChI=1S/C11H14N2O5S/c1-19(16,17)9-4-5-10(11(8-9)13(14)15)12-6-2-3-7-18-12/h4-5,8H,2-3,6-7H2,1H3. The summed E-state index contributed by atoms with van der Waals surface area (Å²) in [5, 5.41) is 12.5. The van der Waals surface area contributed by atoms with Crippen molar-refractivity contribution in [3.63, 3.8) is 0 Å². The Balaban J connectivity index is 2.46. The molecule has 1 aromatic rings. The molecule has 0 spiro atoms. The molecule has 0 N–H and O–H groups in total. The maximum Gasteiger partial charge on any atom is 0.296 e. The van der Waals surface area contributed by atoms with E-state index in [4.69, 9.17) is 4.84 Å². The van der Waals surface area contributed by atoms with Crippen LogP contribution in [0, 0.1) is 10.1 Å². The molecule has 0 radical (unpaired) electrons. The third kappa shape index (κ3) is 3.02. The highest BCUT2D eigenvalue weighted by Gasteiger charge is 2.24. The van der Waals surface area contributed by atoms with Gasteiger partial charge in [-0.2, -0.15) is 0 Å². The van der Waals surface area contributed by atoms with Crippen molar-refractivity contribution in [2.45, 2.75) is 17.7 Å². The topological polar surface area (TPSA) is 89.8 Å². The van der Waals surface area contributed by atoms with Crippen LogP contribution in [-0.4, -0.2) is 32.7 Å². The Hall–Kier alpha value is -1.67. The summed E-state index contributed by atoms with van der Waals surface area (Å²) in [6, 6.07) is 3.85. The molecule has 7 nitrogen and oxygen atoms in total. The summed E-state index contributed by atoms with van der Waals surface area (Å²) in [7, 11) is -3.47. The van der Waals surface area contributed by atoms with Crippen molar-refractivity contribution in [3.05, 3.63) is 28.3 Å². The van der Waals surface area contributed by atoms with Crippen LogP contribution in [0.5, 0.6) is 0 Å². The van der Waals surface area contributed by atoms with Crippen LogP contribution in [0.4, 0.5) is 11.4 Å². The molecule has 0 unspecified atom stereocenters. The summed E-state index contributed by atoms with van der Waals surface area (Å²) in [6.45, 7) is 1.06. The third-order valence-electron chi connectivity index (χ3n) is 2.84. The van der Waals surface area contributed by atoms with E-state index in [9.17, 15) is 18.5 Å². The van der Waals surface area contributed by atoms with Crippen molar-refractivity contribution < 1.29 is 18.2 Å². The van der Waals surface area contributed by atoms with E-state index in [-0.39, 0.29) is 16.3 Å². The molecule has 1 fully saturated rings. The lowest BCUT2D eigenvalue weighted by atomic mass is 10.2. The van der Waals surface area contributed by atoms with Crippen molar-refractivity contribution in [3.8, 4) is 0 Å². The van der Waals surface area contributed by atoms with Crippen LogP contribution in [0.15, 0.2) is 23.1 Å². The number of rotatable bonds is 3. The molecule has 1 heterocycles. The van der Waals surface area contributed by atoms with E-state index in [0.29, 0.717) is 13.2 Å². The summed E-state index contributed by atoms with van der Waals surface area (Å²) in [5.74, 6) is 0. The number of anilines is 1. The number of nitro benzene ring substituents is 1. The molecule has 1 saturated heterocycles. The molecule has 1 aromatic carbocycles. The Kier molecular flexibility index (Phi) is 3.72. The normalized spacial score (nSPS) is 16.4. The van der Waals surface area contributed by atoms with Crippen LogP contribution >= 0.6 is 0 Å². The van der Waals surface area contributed by atoms with Crippen LogP contribution in [0.2, 0.25) is 0 Å².